The van der Waals surface area contributed by atoms with E-state index >= 15 is 0 Å². The van der Waals surface area contributed by atoms with Crippen molar-refractivity contribution < 1.29 is 0 Å². The van der Waals surface area contributed by atoms with E-state index in [9.17, 15) is 0 Å². The minimum absolute atomic E-state index is 0.768. The number of hydrogen-bond donors (Lipinski definition) is 1. The minimum atomic E-state index is 0.768. The van der Waals surface area contributed by atoms with Crippen LogP contribution in [0, 0.1) is 11.8 Å². The summed E-state index contributed by atoms with van der Waals surface area (Å²) in [7, 11) is 0. The van der Waals surface area contributed by atoms with Crippen molar-refractivity contribution in [2.75, 3.05) is 0 Å². The van der Waals surface area contributed by atoms with Crippen molar-refractivity contribution in [2.45, 2.75) is 26.7 Å². The van der Waals surface area contributed by atoms with E-state index in [2.05, 4.69) is 43.5 Å². The largest absolute Gasteiger partial charge is 0.147 e. The molecule has 0 amide bonds. The predicted molar refractivity (Wildman–Crippen MR) is 70.7 cm³/mol. The van der Waals surface area contributed by atoms with Gasteiger partial charge in [-0.05, 0) is 29.9 Å². The molecular formula is C14H16S. The highest BCUT2D eigenvalue weighted by atomic mass is 32.1. The molecule has 1 aliphatic carbocycles. The predicted octanol–water partition coefficient (Wildman–Crippen LogP) is 4.05. The van der Waals surface area contributed by atoms with E-state index in [0.717, 1.165) is 17.7 Å². The lowest BCUT2D eigenvalue weighted by Gasteiger charge is -2.04. The van der Waals surface area contributed by atoms with Gasteiger partial charge in [-0.3, -0.25) is 0 Å². The van der Waals surface area contributed by atoms with Crippen LogP contribution < -0.4 is 0 Å². The normalized spacial score (nSPS) is 24.3. The molecule has 0 unspecified atom stereocenters. The van der Waals surface area contributed by atoms with E-state index in [0.29, 0.717) is 0 Å². The van der Waals surface area contributed by atoms with Crippen molar-refractivity contribution in [1.29, 1.82) is 0 Å². The maximum atomic E-state index is 4.34. The molecular weight excluding hydrogens is 200 g/mol. The highest BCUT2D eigenvalue weighted by Gasteiger charge is 1.98. The van der Waals surface area contributed by atoms with E-state index in [1.807, 2.05) is 25.2 Å². The molecule has 0 aromatic carbocycles. The molecule has 15 heavy (non-hydrogen) atoms. The van der Waals surface area contributed by atoms with E-state index in [1.165, 1.54) is 11.1 Å². The van der Waals surface area contributed by atoms with Crippen molar-refractivity contribution in [3.05, 3.63) is 46.4 Å². The molecule has 0 N–H and O–H groups in total. The summed E-state index contributed by atoms with van der Waals surface area (Å²) < 4.78 is 0. The van der Waals surface area contributed by atoms with Gasteiger partial charge in [-0.1, -0.05) is 42.2 Å². The quantitative estimate of drug-likeness (QED) is 0.402. The van der Waals surface area contributed by atoms with E-state index < -0.39 is 0 Å². The third kappa shape index (κ3) is 4.27. The molecule has 0 bridgehead atoms. The fourth-order valence-electron chi connectivity index (χ4n) is 1.24. The van der Waals surface area contributed by atoms with Crippen LogP contribution in [0.3, 0.4) is 0 Å². The summed E-state index contributed by atoms with van der Waals surface area (Å²) in [5.41, 5.74) is 2.54. The fourth-order valence-corrected chi connectivity index (χ4v) is 1.40. The van der Waals surface area contributed by atoms with Crippen LogP contribution in [0.25, 0.3) is 0 Å². The summed E-state index contributed by atoms with van der Waals surface area (Å²) in [6.07, 6.45) is 11.9. The van der Waals surface area contributed by atoms with Gasteiger partial charge in [-0.25, -0.2) is 0 Å². The Hall–Kier alpha value is -1.13. The Morgan fingerprint density at radius 1 is 1.33 bits per heavy atom. The topological polar surface area (TPSA) is 0 Å². The van der Waals surface area contributed by atoms with Gasteiger partial charge in [0.1, 0.15) is 0 Å². The van der Waals surface area contributed by atoms with Crippen LogP contribution >= 0.6 is 12.6 Å². The molecule has 0 heterocycles. The molecule has 0 aromatic heterocycles. The van der Waals surface area contributed by atoms with Gasteiger partial charge in [0.05, 0.1) is 0 Å². The monoisotopic (exact) mass is 216 g/mol. The second-order valence-corrected chi connectivity index (χ2v) is 4.01. The van der Waals surface area contributed by atoms with Gasteiger partial charge in [0.15, 0.2) is 0 Å². The zero-order valence-electron chi connectivity index (χ0n) is 9.25. The Morgan fingerprint density at radius 2 is 2.07 bits per heavy atom. The zero-order valence-corrected chi connectivity index (χ0v) is 10.1. The number of rotatable bonds is 2. The third-order valence-electron chi connectivity index (χ3n) is 2.20. The maximum Gasteiger partial charge on any atom is 0.0397 e. The van der Waals surface area contributed by atoms with Crippen LogP contribution in [0.15, 0.2) is 46.4 Å². The molecule has 0 spiro atoms. The number of thiol groups is 1. The summed E-state index contributed by atoms with van der Waals surface area (Å²) in [6, 6.07) is 0. The van der Waals surface area contributed by atoms with Gasteiger partial charge in [-0.2, -0.15) is 0 Å². The molecule has 0 aliphatic heterocycles. The second-order valence-electron chi connectivity index (χ2n) is 3.43. The Labute approximate surface area is 97.9 Å². The minimum Gasteiger partial charge on any atom is -0.147 e. The first-order valence-electron chi connectivity index (χ1n) is 5.08. The highest BCUT2D eigenvalue weighted by Crippen LogP contribution is 2.17. The lowest BCUT2D eigenvalue weighted by Crippen LogP contribution is -1.86. The lowest BCUT2D eigenvalue weighted by atomic mass is 10.0. The highest BCUT2D eigenvalue weighted by molar-refractivity contribution is 7.84. The van der Waals surface area contributed by atoms with Crippen LogP contribution in [0.5, 0.6) is 0 Å². The number of hydrogen-bond acceptors (Lipinski definition) is 1. The van der Waals surface area contributed by atoms with Crippen molar-refractivity contribution in [1.82, 2.24) is 0 Å². The summed E-state index contributed by atoms with van der Waals surface area (Å²) in [6.45, 7) is 4.13. The Morgan fingerprint density at radius 3 is 2.80 bits per heavy atom. The van der Waals surface area contributed by atoms with Crippen molar-refractivity contribution in [3.8, 4) is 11.8 Å². The van der Waals surface area contributed by atoms with Crippen molar-refractivity contribution >= 4 is 12.6 Å². The molecule has 0 fully saturated rings. The van der Waals surface area contributed by atoms with Gasteiger partial charge in [0.25, 0.3) is 0 Å². The first-order valence-corrected chi connectivity index (χ1v) is 5.53. The zero-order chi connectivity index (χ0) is 11.1. The smallest absolute Gasteiger partial charge is 0.0397 e. The average molecular weight is 216 g/mol. The van der Waals surface area contributed by atoms with Gasteiger partial charge in [-0.15, -0.1) is 12.6 Å². The van der Waals surface area contributed by atoms with Crippen LogP contribution in [-0.4, -0.2) is 0 Å². The summed E-state index contributed by atoms with van der Waals surface area (Å²) >= 11 is 4.34. The van der Waals surface area contributed by atoms with Gasteiger partial charge in [0.2, 0.25) is 0 Å². The standard InChI is InChI=1S/C14H16S/c1-3-4-7-12(2)13-8-5-6-9-14(15)11-10-13/h3-4,7,10-11,15H,8-9H2,1-2H3/b4-3+,12-7+,13-10+,14-11+. The molecule has 0 radical (unpaired) electrons. The lowest BCUT2D eigenvalue weighted by molar-refractivity contribution is 1.22. The van der Waals surface area contributed by atoms with Gasteiger partial charge >= 0.3 is 0 Å². The van der Waals surface area contributed by atoms with E-state index in [-0.39, 0.29) is 0 Å². The van der Waals surface area contributed by atoms with E-state index in [1.54, 1.807) is 0 Å². The fraction of sp³-hybridized carbons (Fsp3) is 0.286. The Balaban J connectivity index is 2.90. The maximum absolute atomic E-state index is 4.34. The Bertz CT molecular complexity index is 395. The average Bonchev–Trinajstić information content (AvgIpc) is 2.21. The summed E-state index contributed by atoms with van der Waals surface area (Å²) in [5, 5.41) is 0. The van der Waals surface area contributed by atoms with Crippen LogP contribution in [-0.2, 0) is 0 Å². The van der Waals surface area contributed by atoms with Gasteiger partial charge in [0, 0.05) is 12.8 Å². The molecule has 78 valence electrons. The summed E-state index contributed by atoms with van der Waals surface area (Å²) in [4.78, 5) is 1.03. The molecule has 1 rings (SSSR count). The number of allylic oxidation sites excluding steroid dienone is 8. The first kappa shape index (κ1) is 11.9. The van der Waals surface area contributed by atoms with Crippen molar-refractivity contribution in [3.63, 3.8) is 0 Å². The molecule has 0 aromatic rings. The van der Waals surface area contributed by atoms with Crippen molar-refractivity contribution in [2.24, 2.45) is 0 Å². The molecule has 0 saturated heterocycles. The molecule has 0 saturated carbocycles. The molecule has 1 aliphatic rings. The van der Waals surface area contributed by atoms with Crippen LogP contribution in [0.2, 0.25) is 0 Å². The Kier molecular flexibility index (Phi) is 5.07. The second kappa shape index (κ2) is 6.37. The molecule has 0 nitrogen and oxygen atoms in total. The van der Waals surface area contributed by atoms with E-state index in [4.69, 9.17) is 0 Å². The van der Waals surface area contributed by atoms with Crippen LogP contribution in [0.1, 0.15) is 26.7 Å². The van der Waals surface area contributed by atoms with Crippen LogP contribution in [0.4, 0.5) is 0 Å². The third-order valence-corrected chi connectivity index (χ3v) is 2.50. The first-order chi connectivity index (χ1) is 7.24. The molecule has 1 heteroatoms. The summed E-state index contributed by atoms with van der Waals surface area (Å²) in [5.74, 6) is 6.25. The molecule has 0 atom stereocenters. The SMILES string of the molecule is C/C=C/C=C(C)/C1=C/C=C(/S)CC#CC1. The van der Waals surface area contributed by atoms with Gasteiger partial charge < -0.3 is 0 Å².